The molecule has 4 aromatic rings. The van der Waals surface area contributed by atoms with Gasteiger partial charge in [-0.3, -0.25) is 9.59 Å². The zero-order valence-electron chi connectivity index (χ0n) is 16.6. The number of anilines is 2. The lowest BCUT2D eigenvalue weighted by atomic mass is 10.1. The van der Waals surface area contributed by atoms with E-state index in [1.165, 1.54) is 16.2 Å². The van der Waals surface area contributed by atoms with Crippen LogP contribution in [0.4, 0.5) is 11.4 Å². The fourth-order valence-corrected chi connectivity index (χ4v) is 4.76. The molecule has 0 atom stereocenters. The Morgan fingerprint density at radius 3 is 2.45 bits per heavy atom. The van der Waals surface area contributed by atoms with Crippen LogP contribution in [0.1, 0.15) is 10.4 Å². The first-order chi connectivity index (χ1) is 15.1. The van der Waals surface area contributed by atoms with Crippen LogP contribution >= 0.6 is 22.9 Å². The molecular formula is C25H17ClN2O2S. The van der Waals surface area contributed by atoms with Crippen LogP contribution in [0.2, 0.25) is 5.02 Å². The van der Waals surface area contributed by atoms with Crippen molar-refractivity contribution in [2.24, 2.45) is 0 Å². The zero-order chi connectivity index (χ0) is 21.5. The normalized spacial score (nSPS) is 14.1. The largest absolute Gasteiger partial charge is 0.350 e. The molecule has 0 saturated heterocycles. The van der Waals surface area contributed by atoms with Crippen LogP contribution in [0.5, 0.6) is 0 Å². The minimum Gasteiger partial charge on any atom is -0.350 e. The third kappa shape index (κ3) is 3.23. The molecule has 2 heterocycles. The summed E-state index contributed by atoms with van der Waals surface area (Å²) in [5.74, 6) is -0.757. The van der Waals surface area contributed by atoms with E-state index in [2.05, 4.69) is 5.32 Å². The van der Waals surface area contributed by atoms with Crippen molar-refractivity contribution in [2.45, 2.75) is 6.92 Å². The van der Waals surface area contributed by atoms with Crippen LogP contribution < -0.4 is 10.2 Å². The summed E-state index contributed by atoms with van der Waals surface area (Å²) in [4.78, 5) is 29.0. The van der Waals surface area contributed by atoms with Gasteiger partial charge in [0, 0.05) is 21.0 Å². The third-order valence-electron chi connectivity index (χ3n) is 5.38. The molecule has 4 nitrogen and oxygen atoms in total. The highest BCUT2D eigenvalue weighted by molar-refractivity contribution is 7.11. The molecule has 0 saturated carbocycles. The Hall–Kier alpha value is -3.41. The Bertz CT molecular complexity index is 1370. The van der Waals surface area contributed by atoms with E-state index in [1.54, 1.807) is 25.1 Å². The summed E-state index contributed by atoms with van der Waals surface area (Å²) < 4.78 is 0. The summed E-state index contributed by atoms with van der Waals surface area (Å²) in [6.07, 6.45) is 0. The molecule has 1 N–H and O–H groups in total. The highest BCUT2D eigenvalue weighted by Crippen LogP contribution is 2.38. The molecule has 3 aromatic carbocycles. The number of rotatable bonds is 4. The minimum absolute atomic E-state index is 0.267. The number of imide groups is 1. The van der Waals surface area contributed by atoms with Crippen LogP contribution in [0, 0.1) is 6.92 Å². The van der Waals surface area contributed by atoms with Crippen molar-refractivity contribution in [1.29, 1.82) is 0 Å². The van der Waals surface area contributed by atoms with E-state index >= 15 is 0 Å². The number of thiophene rings is 1. The summed E-state index contributed by atoms with van der Waals surface area (Å²) in [5.41, 5.74) is 2.58. The molecule has 0 fully saturated rings. The van der Waals surface area contributed by atoms with Crippen LogP contribution in [0.15, 0.2) is 83.9 Å². The SMILES string of the molecule is Cc1c(Cl)cccc1N1C(=O)C(Nc2cccc3ccccc23)=C(c2cccs2)C1=O. The summed E-state index contributed by atoms with van der Waals surface area (Å²) in [7, 11) is 0. The highest BCUT2D eigenvalue weighted by Gasteiger charge is 2.41. The molecule has 152 valence electrons. The monoisotopic (exact) mass is 444 g/mol. The standard InChI is InChI=1S/C25H17ClN2O2S/c1-15-18(26)10-5-12-20(15)28-24(29)22(21-13-6-14-31-21)23(25(28)30)27-19-11-4-8-16-7-2-3-9-17(16)19/h2-14,27H,1H3. The average molecular weight is 445 g/mol. The molecule has 0 bridgehead atoms. The van der Waals surface area contributed by atoms with E-state index in [-0.39, 0.29) is 11.6 Å². The van der Waals surface area contributed by atoms with Gasteiger partial charge in [-0.1, -0.05) is 60.1 Å². The van der Waals surface area contributed by atoms with E-state index in [0.29, 0.717) is 21.8 Å². The fourth-order valence-electron chi connectivity index (χ4n) is 3.82. The van der Waals surface area contributed by atoms with Gasteiger partial charge in [0.25, 0.3) is 11.8 Å². The van der Waals surface area contributed by atoms with E-state index in [0.717, 1.165) is 21.3 Å². The molecule has 5 rings (SSSR count). The molecule has 6 heteroatoms. The molecular weight excluding hydrogens is 428 g/mol. The van der Waals surface area contributed by atoms with Gasteiger partial charge in [-0.15, -0.1) is 11.3 Å². The van der Waals surface area contributed by atoms with Gasteiger partial charge in [0.1, 0.15) is 5.70 Å². The number of benzene rings is 3. The Morgan fingerprint density at radius 2 is 1.65 bits per heavy atom. The second-order valence-corrected chi connectivity index (χ2v) is 8.56. The van der Waals surface area contributed by atoms with Gasteiger partial charge >= 0.3 is 0 Å². The van der Waals surface area contributed by atoms with Crippen LogP contribution in [0.25, 0.3) is 16.3 Å². The number of hydrogen-bond acceptors (Lipinski definition) is 4. The summed E-state index contributed by atoms with van der Waals surface area (Å²) >= 11 is 7.70. The maximum absolute atomic E-state index is 13.6. The van der Waals surface area contributed by atoms with E-state index in [4.69, 9.17) is 11.6 Å². The van der Waals surface area contributed by atoms with Crippen molar-refractivity contribution < 1.29 is 9.59 Å². The molecule has 0 aliphatic carbocycles. The molecule has 1 aromatic heterocycles. The summed E-state index contributed by atoms with van der Waals surface area (Å²) in [5, 5.41) is 7.69. The average Bonchev–Trinajstić information content (AvgIpc) is 3.38. The van der Waals surface area contributed by atoms with Crippen molar-refractivity contribution in [3.63, 3.8) is 0 Å². The molecule has 1 aliphatic rings. The first-order valence-electron chi connectivity index (χ1n) is 9.73. The number of halogens is 1. The third-order valence-corrected chi connectivity index (χ3v) is 6.68. The molecule has 0 radical (unpaired) electrons. The van der Waals surface area contributed by atoms with Gasteiger partial charge in [0.15, 0.2) is 0 Å². The number of fused-ring (bicyclic) bond motifs is 1. The first-order valence-corrected chi connectivity index (χ1v) is 11.0. The van der Waals surface area contributed by atoms with Gasteiger partial charge in [-0.2, -0.15) is 0 Å². The van der Waals surface area contributed by atoms with Gasteiger partial charge in [-0.05, 0) is 47.5 Å². The van der Waals surface area contributed by atoms with Crippen molar-refractivity contribution in [2.75, 3.05) is 10.2 Å². The van der Waals surface area contributed by atoms with E-state index in [1.807, 2.05) is 60.0 Å². The maximum atomic E-state index is 13.6. The van der Waals surface area contributed by atoms with E-state index < -0.39 is 5.91 Å². The lowest BCUT2D eigenvalue weighted by Gasteiger charge is -2.18. The van der Waals surface area contributed by atoms with Crippen molar-refractivity contribution in [3.8, 4) is 0 Å². The molecule has 0 unspecified atom stereocenters. The van der Waals surface area contributed by atoms with E-state index in [9.17, 15) is 9.59 Å². The molecule has 31 heavy (non-hydrogen) atoms. The zero-order valence-corrected chi connectivity index (χ0v) is 18.1. The quantitative estimate of drug-likeness (QED) is 0.378. The maximum Gasteiger partial charge on any atom is 0.282 e. The van der Waals surface area contributed by atoms with Crippen LogP contribution in [-0.2, 0) is 9.59 Å². The second kappa shape index (κ2) is 7.69. The Balaban J connectivity index is 1.66. The Labute approximate surface area is 188 Å². The smallest absolute Gasteiger partial charge is 0.282 e. The Morgan fingerprint density at radius 1 is 0.871 bits per heavy atom. The van der Waals surface area contributed by atoms with Gasteiger partial charge in [0.2, 0.25) is 0 Å². The second-order valence-electron chi connectivity index (χ2n) is 7.21. The van der Waals surface area contributed by atoms with Crippen molar-refractivity contribution in [1.82, 2.24) is 0 Å². The summed E-state index contributed by atoms with van der Waals surface area (Å²) in [6.45, 7) is 1.80. The minimum atomic E-state index is -0.397. The highest BCUT2D eigenvalue weighted by atomic mass is 35.5. The predicted octanol–water partition coefficient (Wildman–Crippen LogP) is 6.26. The summed E-state index contributed by atoms with van der Waals surface area (Å²) in [6, 6.07) is 22.7. The molecule has 2 amide bonds. The van der Waals surface area contributed by atoms with Crippen molar-refractivity contribution in [3.05, 3.63) is 99.3 Å². The Kier molecular flexibility index (Phi) is 4.85. The van der Waals surface area contributed by atoms with Crippen LogP contribution in [-0.4, -0.2) is 11.8 Å². The van der Waals surface area contributed by atoms with Crippen molar-refractivity contribution >= 4 is 62.5 Å². The van der Waals surface area contributed by atoms with Gasteiger partial charge < -0.3 is 5.32 Å². The number of carbonyl (C=O) groups excluding carboxylic acids is 2. The number of hydrogen-bond donors (Lipinski definition) is 1. The lowest BCUT2D eigenvalue weighted by molar-refractivity contribution is -0.120. The number of nitrogens with zero attached hydrogens (tertiary/aromatic N) is 1. The molecule has 1 aliphatic heterocycles. The van der Waals surface area contributed by atoms with Gasteiger partial charge in [-0.25, -0.2) is 4.90 Å². The molecule has 0 spiro atoms. The predicted molar refractivity (Wildman–Crippen MR) is 127 cm³/mol. The lowest BCUT2D eigenvalue weighted by Crippen LogP contribution is -2.33. The number of amides is 2. The number of carbonyl (C=O) groups is 2. The fraction of sp³-hybridized carbons (Fsp3) is 0.0400. The van der Waals surface area contributed by atoms with Crippen LogP contribution in [0.3, 0.4) is 0 Å². The first kappa shape index (κ1) is 19.5. The topological polar surface area (TPSA) is 49.4 Å². The van der Waals surface area contributed by atoms with Gasteiger partial charge in [0.05, 0.1) is 11.3 Å². The number of nitrogens with one attached hydrogen (secondary N) is 1.